The van der Waals surface area contributed by atoms with E-state index < -0.39 is 17.5 Å². The predicted octanol–water partition coefficient (Wildman–Crippen LogP) is 4.16. The molecule has 0 radical (unpaired) electrons. The van der Waals surface area contributed by atoms with Gasteiger partial charge in [-0.05, 0) is 36.2 Å². The van der Waals surface area contributed by atoms with Crippen LogP contribution in [0.15, 0.2) is 30.3 Å². The SMILES string of the molecule is Cc1cc(CNc2ccc(F)c(F)c2F)ccc1F. The van der Waals surface area contributed by atoms with Crippen LogP contribution in [-0.2, 0) is 6.54 Å². The number of anilines is 1. The number of hydrogen-bond donors (Lipinski definition) is 1. The van der Waals surface area contributed by atoms with E-state index >= 15 is 0 Å². The van der Waals surface area contributed by atoms with Crippen LogP contribution in [0.4, 0.5) is 23.2 Å². The summed E-state index contributed by atoms with van der Waals surface area (Å²) in [5.41, 5.74) is 1.04. The molecule has 1 N–H and O–H groups in total. The zero-order valence-corrected chi connectivity index (χ0v) is 10.1. The molecule has 0 unspecified atom stereocenters. The van der Waals surface area contributed by atoms with Gasteiger partial charge in [-0.25, -0.2) is 17.6 Å². The van der Waals surface area contributed by atoms with Crippen molar-refractivity contribution < 1.29 is 17.6 Å². The standard InChI is InChI=1S/C14H11F4N/c1-8-6-9(2-3-10(8)15)7-19-12-5-4-11(16)13(17)14(12)18/h2-6,19H,7H2,1H3. The lowest BCUT2D eigenvalue weighted by atomic mass is 10.1. The highest BCUT2D eigenvalue weighted by atomic mass is 19.2. The molecule has 0 aromatic heterocycles. The van der Waals surface area contributed by atoms with Gasteiger partial charge in [-0.3, -0.25) is 0 Å². The molecule has 1 nitrogen and oxygen atoms in total. The molecule has 0 atom stereocenters. The Hall–Kier alpha value is -2.04. The summed E-state index contributed by atoms with van der Waals surface area (Å²) >= 11 is 0. The van der Waals surface area contributed by atoms with Gasteiger partial charge in [0.25, 0.3) is 0 Å². The lowest BCUT2D eigenvalue weighted by Gasteiger charge is -2.09. The Morgan fingerprint density at radius 3 is 2.26 bits per heavy atom. The number of benzene rings is 2. The van der Waals surface area contributed by atoms with Crippen LogP contribution in [0, 0.1) is 30.2 Å². The quantitative estimate of drug-likeness (QED) is 0.651. The maximum absolute atomic E-state index is 13.4. The minimum Gasteiger partial charge on any atom is -0.379 e. The molecule has 0 saturated heterocycles. The molecule has 0 aliphatic rings. The molecule has 100 valence electrons. The zero-order chi connectivity index (χ0) is 14.0. The van der Waals surface area contributed by atoms with Gasteiger partial charge in [-0.2, -0.15) is 0 Å². The number of rotatable bonds is 3. The summed E-state index contributed by atoms with van der Waals surface area (Å²) in [7, 11) is 0. The van der Waals surface area contributed by atoms with Crippen molar-refractivity contribution in [2.75, 3.05) is 5.32 Å². The van der Waals surface area contributed by atoms with Crippen LogP contribution in [0.25, 0.3) is 0 Å². The highest BCUT2D eigenvalue weighted by molar-refractivity contribution is 5.46. The van der Waals surface area contributed by atoms with E-state index in [1.165, 1.54) is 12.1 Å². The van der Waals surface area contributed by atoms with Crippen molar-refractivity contribution in [3.63, 3.8) is 0 Å². The molecule has 19 heavy (non-hydrogen) atoms. The Labute approximate surface area is 107 Å². The van der Waals surface area contributed by atoms with Gasteiger partial charge in [0.1, 0.15) is 5.82 Å². The normalized spacial score (nSPS) is 10.6. The third-order valence-corrected chi connectivity index (χ3v) is 2.74. The smallest absolute Gasteiger partial charge is 0.196 e. The van der Waals surface area contributed by atoms with Gasteiger partial charge in [0.15, 0.2) is 17.5 Å². The van der Waals surface area contributed by atoms with E-state index in [4.69, 9.17) is 0 Å². The van der Waals surface area contributed by atoms with E-state index in [1.54, 1.807) is 13.0 Å². The van der Waals surface area contributed by atoms with Gasteiger partial charge in [-0.15, -0.1) is 0 Å². The van der Waals surface area contributed by atoms with Crippen molar-refractivity contribution in [3.8, 4) is 0 Å². The Morgan fingerprint density at radius 2 is 1.58 bits per heavy atom. The highest BCUT2D eigenvalue weighted by Gasteiger charge is 2.12. The summed E-state index contributed by atoms with van der Waals surface area (Å²) in [5, 5.41) is 2.64. The van der Waals surface area contributed by atoms with Crippen molar-refractivity contribution in [1.82, 2.24) is 0 Å². The predicted molar refractivity (Wildman–Crippen MR) is 64.8 cm³/mol. The van der Waals surface area contributed by atoms with Crippen molar-refractivity contribution in [3.05, 3.63) is 64.7 Å². The second-order valence-electron chi connectivity index (χ2n) is 4.16. The van der Waals surface area contributed by atoms with E-state index in [0.717, 1.165) is 12.1 Å². The van der Waals surface area contributed by atoms with Crippen LogP contribution in [0.2, 0.25) is 0 Å². The monoisotopic (exact) mass is 269 g/mol. The fourth-order valence-electron chi connectivity index (χ4n) is 1.68. The molecule has 2 aromatic carbocycles. The molecular weight excluding hydrogens is 258 g/mol. The number of hydrogen-bond acceptors (Lipinski definition) is 1. The molecule has 0 heterocycles. The summed E-state index contributed by atoms with van der Waals surface area (Å²) in [6, 6.07) is 6.39. The number of halogens is 4. The number of nitrogens with one attached hydrogen (secondary N) is 1. The third-order valence-electron chi connectivity index (χ3n) is 2.74. The molecule has 2 rings (SSSR count). The maximum Gasteiger partial charge on any atom is 0.196 e. The van der Waals surface area contributed by atoms with E-state index in [0.29, 0.717) is 11.1 Å². The first-order chi connectivity index (χ1) is 8.99. The van der Waals surface area contributed by atoms with E-state index in [9.17, 15) is 17.6 Å². The maximum atomic E-state index is 13.4. The van der Waals surface area contributed by atoms with Crippen LogP contribution < -0.4 is 5.32 Å². The summed E-state index contributed by atoms with van der Waals surface area (Å²) in [4.78, 5) is 0. The Balaban J connectivity index is 2.14. The zero-order valence-electron chi connectivity index (χ0n) is 10.1. The van der Waals surface area contributed by atoms with Gasteiger partial charge in [0.2, 0.25) is 0 Å². The van der Waals surface area contributed by atoms with Crippen molar-refractivity contribution in [2.45, 2.75) is 13.5 Å². The molecule has 0 fully saturated rings. The lowest BCUT2D eigenvalue weighted by Crippen LogP contribution is -2.04. The van der Waals surface area contributed by atoms with Gasteiger partial charge >= 0.3 is 0 Å². The first-order valence-corrected chi connectivity index (χ1v) is 5.61. The largest absolute Gasteiger partial charge is 0.379 e. The minimum absolute atomic E-state index is 0.138. The summed E-state index contributed by atoms with van der Waals surface area (Å²) < 4.78 is 52.2. The van der Waals surface area contributed by atoms with Gasteiger partial charge in [-0.1, -0.05) is 12.1 Å². The molecule has 0 saturated carbocycles. The average molecular weight is 269 g/mol. The van der Waals surface area contributed by atoms with Crippen LogP contribution >= 0.6 is 0 Å². The van der Waals surface area contributed by atoms with Crippen molar-refractivity contribution in [1.29, 1.82) is 0 Å². The van der Waals surface area contributed by atoms with Gasteiger partial charge in [0, 0.05) is 6.54 Å². The Morgan fingerprint density at radius 1 is 0.895 bits per heavy atom. The highest BCUT2D eigenvalue weighted by Crippen LogP contribution is 2.20. The first-order valence-electron chi connectivity index (χ1n) is 5.61. The molecule has 5 heteroatoms. The third kappa shape index (κ3) is 2.86. The fraction of sp³-hybridized carbons (Fsp3) is 0.143. The minimum atomic E-state index is -1.51. The first kappa shape index (κ1) is 13.4. The van der Waals surface area contributed by atoms with Crippen LogP contribution in [0.5, 0.6) is 0 Å². The summed E-state index contributed by atoms with van der Waals surface area (Å²) in [6.07, 6.45) is 0. The Kier molecular flexibility index (Phi) is 3.74. The topological polar surface area (TPSA) is 12.0 Å². The van der Waals surface area contributed by atoms with Gasteiger partial charge in [0.05, 0.1) is 5.69 Å². The van der Waals surface area contributed by atoms with E-state index in [-0.39, 0.29) is 18.0 Å². The van der Waals surface area contributed by atoms with E-state index in [2.05, 4.69) is 5.32 Å². The summed E-state index contributed by atoms with van der Waals surface area (Å²) in [5.74, 6) is -4.34. The molecule has 2 aromatic rings. The summed E-state index contributed by atoms with van der Waals surface area (Å²) in [6.45, 7) is 1.79. The van der Waals surface area contributed by atoms with Crippen molar-refractivity contribution in [2.24, 2.45) is 0 Å². The van der Waals surface area contributed by atoms with Crippen LogP contribution in [0.1, 0.15) is 11.1 Å². The molecule has 0 aliphatic heterocycles. The molecule has 0 spiro atoms. The van der Waals surface area contributed by atoms with Crippen molar-refractivity contribution >= 4 is 5.69 Å². The Bertz CT molecular complexity index is 611. The lowest BCUT2D eigenvalue weighted by molar-refractivity contribution is 0.449. The second-order valence-corrected chi connectivity index (χ2v) is 4.16. The molecule has 0 aliphatic carbocycles. The van der Waals surface area contributed by atoms with Crippen LogP contribution in [0.3, 0.4) is 0 Å². The molecular formula is C14H11F4N. The second kappa shape index (κ2) is 5.30. The average Bonchev–Trinajstić information content (AvgIpc) is 2.39. The van der Waals surface area contributed by atoms with E-state index in [1.807, 2.05) is 0 Å². The molecule has 0 amide bonds. The van der Waals surface area contributed by atoms with Crippen LogP contribution in [-0.4, -0.2) is 0 Å². The fourth-order valence-corrected chi connectivity index (χ4v) is 1.68. The number of aryl methyl sites for hydroxylation is 1. The van der Waals surface area contributed by atoms with Gasteiger partial charge < -0.3 is 5.32 Å². The molecule has 0 bridgehead atoms.